The molecule has 21 heavy (non-hydrogen) atoms. The third kappa shape index (κ3) is 3.91. The van der Waals surface area contributed by atoms with Crippen LogP contribution in [0.15, 0.2) is 47.5 Å². The van der Waals surface area contributed by atoms with E-state index in [1.54, 1.807) is 37.4 Å². The van der Waals surface area contributed by atoms with Crippen molar-refractivity contribution in [2.75, 3.05) is 7.11 Å². The van der Waals surface area contributed by atoms with Gasteiger partial charge in [-0.25, -0.2) is 4.99 Å². The molecule has 2 rings (SSSR count). The van der Waals surface area contributed by atoms with Crippen LogP contribution >= 0.6 is 22.6 Å². The molecular weight excluding hydrogens is 385 g/mol. The molecule has 0 heterocycles. The fourth-order valence-corrected chi connectivity index (χ4v) is 2.34. The van der Waals surface area contributed by atoms with Crippen LogP contribution in [0.1, 0.15) is 5.56 Å². The number of aliphatic imine (C=N–C) groups is 1. The summed E-state index contributed by atoms with van der Waals surface area (Å²) in [6.07, 6.45) is 0. The van der Waals surface area contributed by atoms with Crippen molar-refractivity contribution in [1.29, 1.82) is 0 Å². The second-order valence-corrected chi connectivity index (χ2v) is 5.40. The van der Waals surface area contributed by atoms with Crippen LogP contribution in [0.25, 0.3) is 0 Å². The fourth-order valence-electron chi connectivity index (χ4n) is 1.69. The highest BCUT2D eigenvalue weighted by Crippen LogP contribution is 2.21. The van der Waals surface area contributed by atoms with Crippen LogP contribution in [0.2, 0.25) is 0 Å². The van der Waals surface area contributed by atoms with Crippen LogP contribution < -0.4 is 10.5 Å². The number of rotatable bonds is 4. The molecule has 7 heteroatoms. The molecule has 2 N–H and O–H groups in total. The summed E-state index contributed by atoms with van der Waals surface area (Å²) in [5.41, 5.74) is 7.08. The van der Waals surface area contributed by atoms with Crippen molar-refractivity contribution in [2.24, 2.45) is 10.7 Å². The number of nitrogens with two attached hydrogens (primary N) is 1. The van der Waals surface area contributed by atoms with E-state index in [4.69, 9.17) is 10.5 Å². The second-order valence-electron chi connectivity index (χ2n) is 4.15. The predicted octanol–water partition coefficient (Wildman–Crippen LogP) is 3.25. The maximum atomic E-state index is 10.9. The van der Waals surface area contributed by atoms with Gasteiger partial charge in [-0.2, -0.15) is 0 Å². The van der Waals surface area contributed by atoms with Gasteiger partial charge in [0.1, 0.15) is 11.6 Å². The van der Waals surface area contributed by atoms with Crippen molar-refractivity contribution >= 4 is 39.8 Å². The van der Waals surface area contributed by atoms with Crippen LogP contribution in [-0.2, 0) is 0 Å². The number of methoxy groups -OCH3 is 1. The zero-order chi connectivity index (χ0) is 15.4. The number of non-ortho nitro benzene ring substituents is 1. The number of nitro groups is 1. The van der Waals surface area contributed by atoms with E-state index in [9.17, 15) is 10.1 Å². The van der Waals surface area contributed by atoms with E-state index in [2.05, 4.69) is 4.99 Å². The van der Waals surface area contributed by atoms with Crippen molar-refractivity contribution in [1.82, 2.24) is 0 Å². The largest absolute Gasteiger partial charge is 0.497 e. The smallest absolute Gasteiger partial charge is 0.271 e. The highest BCUT2D eigenvalue weighted by molar-refractivity contribution is 14.1. The van der Waals surface area contributed by atoms with Gasteiger partial charge in [0.05, 0.1) is 17.7 Å². The minimum atomic E-state index is -0.452. The molecule has 2 aromatic rings. The van der Waals surface area contributed by atoms with Crippen molar-refractivity contribution in [3.63, 3.8) is 0 Å². The maximum Gasteiger partial charge on any atom is 0.271 e. The normalized spacial score (nSPS) is 11.2. The standard InChI is InChI=1S/C14H12IN3O3/c1-21-13-4-2-11(3-5-13)17-14(16)9-6-10(15)8-12(7-9)18(19)20/h2-8H,1H3,(H2,16,17). The van der Waals surface area contributed by atoms with E-state index in [1.807, 2.05) is 22.6 Å². The minimum absolute atomic E-state index is 0.00946. The second kappa shape index (κ2) is 6.53. The third-order valence-corrected chi connectivity index (χ3v) is 3.33. The lowest BCUT2D eigenvalue weighted by atomic mass is 10.2. The van der Waals surface area contributed by atoms with E-state index >= 15 is 0 Å². The number of hydrogen-bond acceptors (Lipinski definition) is 4. The van der Waals surface area contributed by atoms with Gasteiger partial charge in [0, 0.05) is 21.3 Å². The fraction of sp³-hybridized carbons (Fsp3) is 0.0714. The molecule has 0 aliphatic carbocycles. The molecule has 0 saturated heterocycles. The Balaban J connectivity index is 2.35. The van der Waals surface area contributed by atoms with E-state index in [-0.39, 0.29) is 11.5 Å². The van der Waals surface area contributed by atoms with Crippen molar-refractivity contribution in [3.8, 4) is 5.75 Å². The summed E-state index contributed by atoms with van der Waals surface area (Å²) in [7, 11) is 1.58. The highest BCUT2D eigenvalue weighted by Gasteiger charge is 2.10. The van der Waals surface area contributed by atoms with Gasteiger partial charge in [-0.05, 0) is 52.9 Å². The molecule has 0 aromatic heterocycles. The summed E-state index contributed by atoms with van der Waals surface area (Å²) < 4.78 is 5.79. The molecular formula is C14H12IN3O3. The van der Waals surface area contributed by atoms with Crippen molar-refractivity contribution in [3.05, 3.63) is 61.7 Å². The third-order valence-electron chi connectivity index (χ3n) is 2.71. The molecule has 0 atom stereocenters. The van der Waals surface area contributed by atoms with Gasteiger partial charge in [-0.3, -0.25) is 10.1 Å². The van der Waals surface area contributed by atoms with E-state index < -0.39 is 4.92 Å². The molecule has 0 amide bonds. The summed E-state index contributed by atoms with van der Waals surface area (Å²) in [6, 6.07) is 11.7. The van der Waals surface area contributed by atoms with Gasteiger partial charge in [0.25, 0.3) is 5.69 Å². The average Bonchev–Trinajstić information content (AvgIpc) is 2.47. The Kier molecular flexibility index (Phi) is 4.73. The van der Waals surface area contributed by atoms with E-state index in [0.29, 0.717) is 11.3 Å². The van der Waals surface area contributed by atoms with Crippen LogP contribution in [0.5, 0.6) is 5.75 Å². The predicted molar refractivity (Wildman–Crippen MR) is 89.2 cm³/mol. The Morgan fingerprint density at radius 2 is 1.95 bits per heavy atom. The van der Waals surface area contributed by atoms with E-state index in [0.717, 1.165) is 9.32 Å². The molecule has 0 unspecified atom stereocenters. The number of nitrogens with zero attached hydrogens (tertiary/aromatic N) is 2. The lowest BCUT2D eigenvalue weighted by Crippen LogP contribution is -2.13. The quantitative estimate of drug-likeness (QED) is 0.282. The summed E-state index contributed by atoms with van der Waals surface area (Å²) in [5, 5.41) is 10.9. The van der Waals surface area contributed by atoms with Gasteiger partial charge < -0.3 is 10.5 Å². The Hall–Kier alpha value is -2.16. The molecule has 0 spiro atoms. The topological polar surface area (TPSA) is 90.8 Å². The highest BCUT2D eigenvalue weighted by atomic mass is 127. The first-order valence-electron chi connectivity index (χ1n) is 5.93. The molecule has 0 aliphatic heterocycles. The maximum absolute atomic E-state index is 10.9. The Morgan fingerprint density at radius 3 is 2.52 bits per heavy atom. The molecule has 2 aromatic carbocycles. The zero-order valence-corrected chi connectivity index (χ0v) is 13.3. The first kappa shape index (κ1) is 15.2. The van der Waals surface area contributed by atoms with E-state index in [1.165, 1.54) is 12.1 Å². The van der Waals surface area contributed by atoms with Crippen LogP contribution in [-0.4, -0.2) is 17.9 Å². The lowest BCUT2D eigenvalue weighted by molar-refractivity contribution is -0.385. The van der Waals surface area contributed by atoms with Gasteiger partial charge >= 0.3 is 0 Å². The number of halogens is 1. The Labute approximate surface area is 134 Å². The summed E-state index contributed by atoms with van der Waals surface area (Å²) in [5.74, 6) is 0.944. The lowest BCUT2D eigenvalue weighted by Gasteiger charge is -2.03. The molecule has 6 nitrogen and oxygen atoms in total. The SMILES string of the molecule is COc1ccc(N=C(N)c2cc(I)cc([N+](=O)[O-])c2)cc1. The summed E-state index contributed by atoms with van der Waals surface area (Å²) in [6.45, 7) is 0. The van der Waals surface area contributed by atoms with Crippen LogP contribution in [0, 0.1) is 13.7 Å². The summed E-state index contributed by atoms with van der Waals surface area (Å²) >= 11 is 2.01. The van der Waals surface area contributed by atoms with Gasteiger partial charge in [-0.1, -0.05) is 0 Å². The molecule has 0 fully saturated rings. The number of hydrogen-bond donors (Lipinski definition) is 1. The Morgan fingerprint density at radius 1 is 1.29 bits per heavy atom. The molecule has 0 bridgehead atoms. The van der Waals surface area contributed by atoms with Crippen molar-refractivity contribution in [2.45, 2.75) is 0 Å². The number of nitro benzene ring substituents is 1. The minimum Gasteiger partial charge on any atom is -0.497 e. The average molecular weight is 397 g/mol. The molecule has 0 aliphatic rings. The van der Waals surface area contributed by atoms with Crippen LogP contribution in [0.4, 0.5) is 11.4 Å². The number of ether oxygens (including phenoxy) is 1. The molecule has 108 valence electrons. The van der Waals surface area contributed by atoms with Gasteiger partial charge in [-0.15, -0.1) is 0 Å². The molecule has 0 saturated carbocycles. The number of amidine groups is 1. The van der Waals surface area contributed by atoms with Gasteiger partial charge in [0.2, 0.25) is 0 Å². The first-order chi connectivity index (χ1) is 9.99. The molecule has 0 radical (unpaired) electrons. The zero-order valence-electron chi connectivity index (χ0n) is 11.1. The Bertz CT molecular complexity index is 699. The monoisotopic (exact) mass is 397 g/mol. The first-order valence-corrected chi connectivity index (χ1v) is 7.01. The number of benzene rings is 2. The van der Waals surface area contributed by atoms with Gasteiger partial charge in [0.15, 0.2) is 0 Å². The van der Waals surface area contributed by atoms with Crippen LogP contribution in [0.3, 0.4) is 0 Å². The summed E-state index contributed by atoms with van der Waals surface area (Å²) in [4.78, 5) is 14.7. The van der Waals surface area contributed by atoms with Crippen molar-refractivity contribution < 1.29 is 9.66 Å².